The van der Waals surface area contributed by atoms with E-state index < -0.39 is 16.0 Å². The van der Waals surface area contributed by atoms with E-state index in [9.17, 15) is 13.2 Å². The topological polar surface area (TPSA) is 83.5 Å². The number of nitrogens with one attached hydrogen (secondary N) is 1. The summed E-state index contributed by atoms with van der Waals surface area (Å²) >= 11 is 5.74. The van der Waals surface area contributed by atoms with Crippen LogP contribution in [0.25, 0.3) is 0 Å². The highest BCUT2D eigenvalue weighted by atomic mass is 35.5. The molecule has 5 nitrogen and oxygen atoms in total. The number of carboxylic acids is 1. The van der Waals surface area contributed by atoms with Gasteiger partial charge in [-0.05, 0) is 42.9 Å². The van der Waals surface area contributed by atoms with E-state index in [2.05, 4.69) is 11.6 Å². The van der Waals surface area contributed by atoms with Crippen LogP contribution in [0.4, 0.5) is 0 Å². The fourth-order valence-corrected chi connectivity index (χ4v) is 4.00. The normalized spacial score (nSPS) is 22.4. The quantitative estimate of drug-likeness (QED) is 0.869. The van der Waals surface area contributed by atoms with Gasteiger partial charge in [0.15, 0.2) is 0 Å². The smallest absolute Gasteiger partial charge is 0.337 e. The Morgan fingerprint density at radius 1 is 1.43 bits per heavy atom. The van der Waals surface area contributed by atoms with Crippen LogP contribution in [-0.2, 0) is 10.0 Å². The zero-order valence-corrected chi connectivity index (χ0v) is 13.2. The van der Waals surface area contributed by atoms with Gasteiger partial charge in [0.1, 0.15) is 0 Å². The van der Waals surface area contributed by atoms with Crippen molar-refractivity contribution in [3.05, 3.63) is 28.8 Å². The van der Waals surface area contributed by atoms with Crippen molar-refractivity contribution >= 4 is 27.6 Å². The molecule has 0 radical (unpaired) electrons. The van der Waals surface area contributed by atoms with Gasteiger partial charge in [-0.2, -0.15) is 0 Å². The molecule has 0 aromatic heterocycles. The molecule has 0 heterocycles. The van der Waals surface area contributed by atoms with Crippen LogP contribution in [0.1, 0.15) is 36.5 Å². The van der Waals surface area contributed by atoms with Gasteiger partial charge in [0, 0.05) is 6.54 Å². The number of halogens is 1. The molecule has 2 N–H and O–H groups in total. The van der Waals surface area contributed by atoms with Gasteiger partial charge in [-0.1, -0.05) is 24.9 Å². The summed E-state index contributed by atoms with van der Waals surface area (Å²) in [5.41, 5.74) is -0.214. The van der Waals surface area contributed by atoms with Crippen molar-refractivity contribution in [1.29, 1.82) is 0 Å². The predicted octanol–water partition coefficient (Wildman–Crippen LogP) is 2.75. The lowest BCUT2D eigenvalue weighted by atomic mass is 10.1. The second kappa shape index (κ2) is 6.34. The van der Waals surface area contributed by atoms with Crippen LogP contribution in [0, 0.1) is 11.8 Å². The maximum absolute atomic E-state index is 12.2. The summed E-state index contributed by atoms with van der Waals surface area (Å²) in [6, 6.07) is 3.69. The lowest BCUT2D eigenvalue weighted by Gasteiger charge is -2.12. The summed E-state index contributed by atoms with van der Waals surface area (Å²) in [6.07, 6.45) is 3.16. The van der Waals surface area contributed by atoms with E-state index >= 15 is 0 Å². The van der Waals surface area contributed by atoms with Crippen LogP contribution in [-0.4, -0.2) is 26.0 Å². The van der Waals surface area contributed by atoms with Crippen LogP contribution < -0.4 is 4.72 Å². The van der Waals surface area contributed by atoms with E-state index in [-0.39, 0.29) is 15.5 Å². The summed E-state index contributed by atoms with van der Waals surface area (Å²) in [5.74, 6) is -0.267. The molecule has 2 rings (SSSR count). The minimum Gasteiger partial charge on any atom is -0.478 e. The highest BCUT2D eigenvalue weighted by Gasteiger charge is 2.24. The molecular formula is C14H18ClNO4S. The van der Waals surface area contributed by atoms with Crippen molar-refractivity contribution < 1.29 is 18.3 Å². The highest BCUT2D eigenvalue weighted by Crippen LogP contribution is 2.30. The Labute approximate surface area is 129 Å². The third-order valence-electron chi connectivity index (χ3n) is 3.84. The first-order valence-corrected chi connectivity index (χ1v) is 8.68. The number of hydrogen-bond acceptors (Lipinski definition) is 3. The minimum atomic E-state index is -3.71. The van der Waals surface area contributed by atoms with Gasteiger partial charge in [-0.15, -0.1) is 0 Å². The average molecular weight is 332 g/mol. The van der Waals surface area contributed by atoms with Gasteiger partial charge in [-0.3, -0.25) is 0 Å². The summed E-state index contributed by atoms with van der Waals surface area (Å²) in [6.45, 7) is 2.55. The zero-order valence-electron chi connectivity index (χ0n) is 11.7. The molecule has 0 spiro atoms. The molecule has 0 amide bonds. The van der Waals surface area contributed by atoms with E-state index in [1.54, 1.807) is 0 Å². The Morgan fingerprint density at radius 3 is 2.71 bits per heavy atom. The lowest BCUT2D eigenvalue weighted by molar-refractivity contribution is 0.0697. The number of sulfonamides is 1. The molecule has 0 bridgehead atoms. The van der Waals surface area contributed by atoms with E-state index in [0.717, 1.165) is 25.3 Å². The maximum atomic E-state index is 12.2. The molecular weight excluding hydrogens is 314 g/mol. The molecule has 1 aromatic carbocycles. The number of carboxylic acid groups (broad SMARTS) is 1. The van der Waals surface area contributed by atoms with Gasteiger partial charge in [-0.25, -0.2) is 17.9 Å². The SMILES string of the molecule is CC1CCC(CNS(=O)(=O)c2ccc(Cl)c(C(=O)O)c2)C1. The highest BCUT2D eigenvalue weighted by molar-refractivity contribution is 7.89. The van der Waals surface area contributed by atoms with Crippen LogP contribution in [0.2, 0.25) is 5.02 Å². The van der Waals surface area contributed by atoms with Crippen LogP contribution in [0.15, 0.2) is 23.1 Å². The summed E-state index contributed by atoms with van der Waals surface area (Å²) in [4.78, 5) is 10.9. The van der Waals surface area contributed by atoms with Crippen molar-refractivity contribution in [2.45, 2.75) is 31.1 Å². The third kappa shape index (κ3) is 3.96. The number of rotatable bonds is 5. The number of hydrogen-bond donors (Lipinski definition) is 2. The standard InChI is InChI=1S/C14H18ClNO4S/c1-9-2-3-10(6-9)8-16-21(19,20)11-4-5-13(15)12(7-11)14(17)18/h4-5,7,9-10,16H,2-3,6,8H2,1H3,(H,17,18). The van der Waals surface area contributed by atoms with Gasteiger partial charge < -0.3 is 5.11 Å². The molecule has 1 saturated carbocycles. The van der Waals surface area contributed by atoms with Crippen molar-refractivity contribution in [2.24, 2.45) is 11.8 Å². The van der Waals surface area contributed by atoms with Crippen LogP contribution >= 0.6 is 11.6 Å². The summed E-state index contributed by atoms with van der Waals surface area (Å²) in [7, 11) is -3.71. The Kier molecular flexibility index (Phi) is 4.91. The molecule has 0 saturated heterocycles. The molecule has 1 fully saturated rings. The monoisotopic (exact) mass is 331 g/mol. The molecule has 2 unspecified atom stereocenters. The van der Waals surface area contributed by atoms with E-state index in [1.807, 2.05) is 0 Å². The second-order valence-electron chi connectivity index (χ2n) is 5.58. The predicted molar refractivity (Wildman–Crippen MR) is 80.1 cm³/mol. The Balaban J connectivity index is 2.12. The van der Waals surface area contributed by atoms with Gasteiger partial charge in [0.05, 0.1) is 15.5 Å². The first kappa shape index (κ1) is 16.3. The molecule has 2 atom stereocenters. The minimum absolute atomic E-state index is 0.0195. The maximum Gasteiger partial charge on any atom is 0.337 e. The fourth-order valence-electron chi connectivity index (χ4n) is 2.66. The van der Waals surface area contributed by atoms with Gasteiger partial charge in [0.25, 0.3) is 0 Å². The molecule has 21 heavy (non-hydrogen) atoms. The summed E-state index contributed by atoms with van der Waals surface area (Å²) < 4.78 is 27.0. The average Bonchev–Trinajstić information content (AvgIpc) is 2.82. The molecule has 0 aliphatic heterocycles. The largest absolute Gasteiger partial charge is 0.478 e. The molecule has 116 valence electrons. The van der Waals surface area contributed by atoms with E-state index in [1.165, 1.54) is 12.1 Å². The van der Waals surface area contributed by atoms with E-state index in [0.29, 0.717) is 18.4 Å². The lowest BCUT2D eigenvalue weighted by Crippen LogP contribution is -2.28. The Morgan fingerprint density at radius 2 is 2.14 bits per heavy atom. The van der Waals surface area contributed by atoms with Crippen LogP contribution in [0.3, 0.4) is 0 Å². The van der Waals surface area contributed by atoms with E-state index in [4.69, 9.17) is 16.7 Å². The zero-order chi connectivity index (χ0) is 15.6. The molecule has 1 aliphatic carbocycles. The second-order valence-corrected chi connectivity index (χ2v) is 7.76. The van der Waals surface area contributed by atoms with Crippen molar-refractivity contribution in [2.75, 3.05) is 6.54 Å². The van der Waals surface area contributed by atoms with Crippen LogP contribution in [0.5, 0.6) is 0 Å². The fraction of sp³-hybridized carbons (Fsp3) is 0.500. The first-order chi connectivity index (χ1) is 9.79. The number of carbonyl (C=O) groups is 1. The Hall–Kier alpha value is -1.11. The Bertz CT molecular complexity index is 644. The molecule has 7 heteroatoms. The number of benzene rings is 1. The third-order valence-corrected chi connectivity index (χ3v) is 5.59. The van der Waals surface area contributed by atoms with Crippen molar-refractivity contribution in [1.82, 2.24) is 4.72 Å². The first-order valence-electron chi connectivity index (χ1n) is 6.82. The summed E-state index contributed by atoms with van der Waals surface area (Å²) in [5, 5.41) is 9.01. The van der Waals surface area contributed by atoms with Gasteiger partial charge in [0.2, 0.25) is 10.0 Å². The molecule has 1 aromatic rings. The molecule has 1 aliphatic rings. The van der Waals surface area contributed by atoms with Crippen molar-refractivity contribution in [3.8, 4) is 0 Å². The van der Waals surface area contributed by atoms with Crippen molar-refractivity contribution in [3.63, 3.8) is 0 Å². The number of aromatic carboxylic acids is 1. The van der Waals surface area contributed by atoms with Gasteiger partial charge >= 0.3 is 5.97 Å².